The van der Waals surface area contributed by atoms with Crippen LogP contribution >= 0.6 is 0 Å². The molecule has 13 nitrogen and oxygen atoms in total. The quantitative estimate of drug-likeness (QED) is 0.142. The summed E-state index contributed by atoms with van der Waals surface area (Å²) in [5.74, 6) is -1.50. The van der Waals surface area contributed by atoms with Crippen molar-refractivity contribution in [1.82, 2.24) is 25.1 Å². The highest BCUT2D eigenvalue weighted by molar-refractivity contribution is 5.90. The molecule has 1 aromatic rings. The van der Waals surface area contributed by atoms with Gasteiger partial charge in [-0.3, -0.25) is 28.9 Å². The van der Waals surface area contributed by atoms with Crippen molar-refractivity contribution in [3.63, 3.8) is 0 Å². The fraction of sp³-hybridized carbons (Fsp3) is 0.750. The van der Waals surface area contributed by atoms with E-state index in [2.05, 4.69) is 12.2 Å². The molecule has 3 N–H and O–H groups in total. The Morgan fingerprint density at radius 1 is 0.962 bits per heavy atom. The first kappa shape index (κ1) is 45.9. The minimum Gasteiger partial charge on any atom is -0.399 e. The van der Waals surface area contributed by atoms with Gasteiger partial charge in [-0.25, -0.2) is 5.06 Å². The van der Waals surface area contributed by atoms with E-state index in [0.29, 0.717) is 31.6 Å². The van der Waals surface area contributed by atoms with Crippen molar-refractivity contribution in [1.29, 1.82) is 0 Å². The van der Waals surface area contributed by atoms with E-state index in [4.69, 9.17) is 20.0 Å². The number of anilines is 1. The van der Waals surface area contributed by atoms with E-state index < -0.39 is 36.3 Å². The average Bonchev–Trinajstić information content (AvgIpc) is 3.59. The number of likely N-dealkylation sites (N-methyl/N-ethyl adjacent to an activating group) is 2. The van der Waals surface area contributed by atoms with Gasteiger partial charge in [0.25, 0.3) is 5.91 Å². The van der Waals surface area contributed by atoms with E-state index >= 15 is 0 Å². The van der Waals surface area contributed by atoms with Gasteiger partial charge >= 0.3 is 0 Å². The van der Waals surface area contributed by atoms with Gasteiger partial charge in [0.2, 0.25) is 17.7 Å². The van der Waals surface area contributed by atoms with Crippen LogP contribution in [0.2, 0.25) is 0 Å². The van der Waals surface area contributed by atoms with Crippen LogP contribution in [0.3, 0.4) is 0 Å². The van der Waals surface area contributed by atoms with E-state index in [0.717, 1.165) is 18.4 Å². The first-order valence-corrected chi connectivity index (χ1v) is 19.2. The predicted octanol–water partition coefficient (Wildman–Crippen LogP) is 3.85. The maximum absolute atomic E-state index is 14.2. The van der Waals surface area contributed by atoms with Gasteiger partial charge in [-0.15, -0.1) is 0 Å². The minimum atomic E-state index is -0.754. The van der Waals surface area contributed by atoms with Crippen LogP contribution in [-0.4, -0.2) is 135 Å². The Kier molecular flexibility index (Phi) is 18.7. The summed E-state index contributed by atoms with van der Waals surface area (Å²) < 4.78 is 12.0. The van der Waals surface area contributed by atoms with Crippen molar-refractivity contribution in [3.8, 4) is 0 Å². The number of ether oxygens (including phenoxy) is 2. The zero-order valence-electron chi connectivity index (χ0n) is 34.8. The van der Waals surface area contributed by atoms with Crippen LogP contribution in [0, 0.1) is 23.7 Å². The van der Waals surface area contributed by atoms with Crippen LogP contribution < -0.4 is 11.1 Å². The molecule has 0 aromatic heterocycles. The van der Waals surface area contributed by atoms with Crippen molar-refractivity contribution < 1.29 is 33.5 Å². The summed E-state index contributed by atoms with van der Waals surface area (Å²) >= 11 is 0. The number of rotatable bonds is 21. The number of methoxy groups -OCH3 is 2. The fourth-order valence-corrected chi connectivity index (χ4v) is 7.90. The van der Waals surface area contributed by atoms with E-state index in [1.54, 1.807) is 26.2 Å². The molecule has 1 aliphatic heterocycles. The first-order chi connectivity index (χ1) is 24.9. The summed E-state index contributed by atoms with van der Waals surface area (Å²) in [6.07, 6.45) is 1.62. The third-order valence-corrected chi connectivity index (χ3v) is 10.9. The molecule has 53 heavy (non-hydrogen) atoms. The van der Waals surface area contributed by atoms with Crippen LogP contribution in [0.4, 0.5) is 5.69 Å². The number of nitrogens with zero attached hydrogens (tertiary/aromatic N) is 4. The third kappa shape index (κ3) is 12.1. The van der Waals surface area contributed by atoms with E-state index in [1.165, 1.54) is 12.2 Å². The second-order valence-electron chi connectivity index (χ2n) is 15.6. The largest absolute Gasteiger partial charge is 0.399 e. The number of nitrogen functional groups attached to an aromatic ring is 1. The Bertz CT molecular complexity index is 1320. The molecule has 1 heterocycles. The molecule has 1 fully saturated rings. The zero-order chi connectivity index (χ0) is 40.2. The molecule has 302 valence electrons. The molecule has 13 heteroatoms. The highest BCUT2D eigenvalue weighted by atomic mass is 16.7. The Morgan fingerprint density at radius 3 is 2.13 bits per heavy atom. The topological polar surface area (TPSA) is 147 Å². The number of hydrogen-bond donors (Lipinski definition) is 2. The molecule has 0 aliphatic carbocycles. The smallest absolute Gasteiger partial charge is 0.251 e. The standard InChI is InChI=1S/C40H70N6O7/c1-14-27(6)36(44(10)40(50)34(25(2)3)42-38(48)35(26(4)5)43(8)9)32(51-11)24-33(47)45-21-16-19-31(45)37(52-12)28(7)39(49)46(53-13)22-20-29-17-15-18-30(41)23-29/h15,17-18,23,25-28,31-32,34-37H,14,16,19-22,24,41H2,1-13H3,(H,42,48)/t27-,28+,31-,32+,34-,35-,36-,37+/m0/s1. The molecule has 0 bridgehead atoms. The lowest BCUT2D eigenvalue weighted by Crippen LogP contribution is -2.59. The van der Waals surface area contributed by atoms with Crippen molar-refractivity contribution in [2.45, 2.75) is 117 Å². The summed E-state index contributed by atoms with van der Waals surface area (Å²) in [4.78, 5) is 66.5. The van der Waals surface area contributed by atoms with Crippen LogP contribution in [0.1, 0.15) is 79.7 Å². The van der Waals surface area contributed by atoms with Crippen molar-refractivity contribution in [2.75, 3.05) is 61.3 Å². The van der Waals surface area contributed by atoms with Gasteiger partial charge in [0.05, 0.1) is 56.3 Å². The molecule has 4 amide bonds. The lowest BCUT2D eigenvalue weighted by atomic mass is 9.89. The number of nitrogens with two attached hydrogens (primary N) is 1. The molecular weight excluding hydrogens is 676 g/mol. The van der Waals surface area contributed by atoms with Gasteiger partial charge in [0.1, 0.15) is 6.04 Å². The van der Waals surface area contributed by atoms with Gasteiger partial charge in [-0.05, 0) is 68.8 Å². The van der Waals surface area contributed by atoms with Gasteiger partial charge in [-0.2, -0.15) is 0 Å². The number of amides is 4. The number of hydroxylamine groups is 2. The van der Waals surface area contributed by atoms with Crippen LogP contribution in [-0.2, 0) is 39.9 Å². The summed E-state index contributed by atoms with van der Waals surface area (Å²) in [6, 6.07) is 5.62. The first-order valence-electron chi connectivity index (χ1n) is 19.2. The molecule has 0 radical (unpaired) electrons. The Balaban J connectivity index is 2.27. The van der Waals surface area contributed by atoms with Gasteiger partial charge in [0.15, 0.2) is 0 Å². The number of carbonyl (C=O) groups is 4. The maximum atomic E-state index is 14.2. The highest BCUT2D eigenvalue weighted by Crippen LogP contribution is 2.30. The van der Waals surface area contributed by atoms with Crippen molar-refractivity contribution in [2.24, 2.45) is 23.7 Å². The Hall–Kier alpha value is -3.26. The fourth-order valence-electron chi connectivity index (χ4n) is 7.90. The third-order valence-electron chi connectivity index (χ3n) is 10.9. The number of nitrogens with one attached hydrogen (secondary N) is 1. The molecule has 1 aromatic carbocycles. The summed E-state index contributed by atoms with van der Waals surface area (Å²) in [6.45, 7) is 14.6. The summed E-state index contributed by atoms with van der Waals surface area (Å²) in [5.41, 5.74) is 7.59. The molecule has 1 saturated heterocycles. The molecule has 0 saturated carbocycles. The van der Waals surface area contributed by atoms with Crippen molar-refractivity contribution in [3.05, 3.63) is 29.8 Å². The predicted molar refractivity (Wildman–Crippen MR) is 208 cm³/mol. The van der Waals surface area contributed by atoms with Crippen molar-refractivity contribution >= 4 is 29.3 Å². The molecule has 1 aliphatic rings. The molecule has 0 spiro atoms. The molecule has 0 unspecified atom stereocenters. The van der Waals surface area contributed by atoms with Gasteiger partial charge < -0.3 is 30.3 Å². The monoisotopic (exact) mass is 747 g/mol. The lowest BCUT2D eigenvalue weighted by Gasteiger charge is -2.41. The normalized spacial score (nSPS) is 18.7. The van der Waals surface area contributed by atoms with E-state index in [-0.39, 0.29) is 53.8 Å². The van der Waals surface area contributed by atoms with Gasteiger partial charge in [-0.1, -0.05) is 67.0 Å². The highest BCUT2D eigenvalue weighted by Gasteiger charge is 2.43. The summed E-state index contributed by atoms with van der Waals surface area (Å²) in [5, 5.41) is 4.39. The Labute approximate surface area is 319 Å². The van der Waals surface area contributed by atoms with Gasteiger partial charge in [0, 0.05) is 33.5 Å². The SMILES string of the molecule is CC[C@H](C)[C@@H]([C@@H](CC(=O)N1CCC[C@H]1[C@H](OC)[C@@H](C)C(=O)N(CCc1cccc(N)c1)OC)OC)N(C)C(=O)[C@@H](NC(=O)[C@H](C(C)C)N(C)C)C(C)C. The van der Waals surface area contributed by atoms with Crippen LogP contribution in [0.25, 0.3) is 0 Å². The second kappa shape index (κ2) is 21.6. The number of hydrogen-bond acceptors (Lipinski definition) is 9. The minimum absolute atomic E-state index is 0.0125. The molecular formula is C40H70N6O7. The molecule has 2 rings (SSSR count). The number of carbonyl (C=O) groups excluding carboxylic acids is 4. The Morgan fingerprint density at radius 2 is 1.62 bits per heavy atom. The number of benzene rings is 1. The number of likely N-dealkylation sites (tertiary alicyclic amines) is 1. The lowest BCUT2D eigenvalue weighted by molar-refractivity contribution is -0.185. The van der Waals surface area contributed by atoms with E-state index in [9.17, 15) is 19.2 Å². The van der Waals surface area contributed by atoms with Crippen LogP contribution in [0.15, 0.2) is 24.3 Å². The second-order valence-corrected chi connectivity index (χ2v) is 15.6. The summed E-state index contributed by atoms with van der Waals surface area (Å²) in [7, 11) is 10.1. The zero-order valence-corrected chi connectivity index (χ0v) is 34.8. The van der Waals surface area contributed by atoms with Crippen LogP contribution in [0.5, 0.6) is 0 Å². The average molecular weight is 747 g/mol. The molecule has 8 atom stereocenters. The van der Waals surface area contributed by atoms with E-state index in [1.807, 2.05) is 89.7 Å². The maximum Gasteiger partial charge on any atom is 0.251 e.